The Morgan fingerprint density at radius 3 is 1.18 bits per heavy atom. The van der Waals surface area contributed by atoms with E-state index in [1.54, 1.807) is 12.1 Å². The summed E-state index contributed by atoms with van der Waals surface area (Å²) >= 11 is 0. The number of benzene rings is 9. The van der Waals surface area contributed by atoms with E-state index in [1.807, 2.05) is 97.1 Å². The molecule has 0 saturated heterocycles. The molecule has 0 bridgehead atoms. The molecule has 330 valence electrons. The van der Waals surface area contributed by atoms with E-state index >= 15 is 0 Å². The highest BCUT2D eigenvalue weighted by Crippen LogP contribution is 2.43. The number of rotatable bonds is 7. The quantitative estimate of drug-likeness (QED) is 0.149. The van der Waals surface area contributed by atoms with Crippen molar-refractivity contribution in [3.05, 3.63) is 246 Å². The molecule has 0 aliphatic carbocycles. The van der Waals surface area contributed by atoms with Crippen molar-refractivity contribution in [3.63, 3.8) is 0 Å². The van der Waals surface area contributed by atoms with Gasteiger partial charge >= 0.3 is 0 Å². The Bertz CT molecular complexity index is 4110. The second-order valence-electron chi connectivity index (χ2n) is 17.5. The van der Waals surface area contributed by atoms with Crippen LogP contribution in [0.2, 0.25) is 0 Å². The minimum atomic E-state index is 0.389. The third-order valence-electron chi connectivity index (χ3n) is 13.4. The molecule has 8 heteroatoms. The van der Waals surface area contributed by atoms with Crippen molar-refractivity contribution in [2.75, 3.05) is 0 Å². The number of nitrogens with zero attached hydrogens (tertiary/aromatic N) is 8. The van der Waals surface area contributed by atoms with E-state index in [2.05, 4.69) is 134 Å². The summed E-state index contributed by atoms with van der Waals surface area (Å²) in [6.07, 6.45) is 0. The predicted molar refractivity (Wildman–Crippen MR) is 287 cm³/mol. The molecular weight excluding hydrogens is 881 g/mol. The van der Waals surface area contributed by atoms with Gasteiger partial charge < -0.3 is 9.13 Å². The van der Waals surface area contributed by atoms with E-state index in [0.717, 1.165) is 99.5 Å². The summed E-state index contributed by atoms with van der Waals surface area (Å²) in [5.41, 5.74) is 15.5. The maximum Gasteiger partial charge on any atom is 0.189 e. The number of para-hydroxylation sites is 2. The van der Waals surface area contributed by atoms with Gasteiger partial charge in [0.15, 0.2) is 11.4 Å². The van der Waals surface area contributed by atoms with Gasteiger partial charge in [-0.2, -0.15) is 15.8 Å². The summed E-state index contributed by atoms with van der Waals surface area (Å²) < 4.78 is 4.35. The van der Waals surface area contributed by atoms with Gasteiger partial charge in [-0.1, -0.05) is 109 Å². The maximum absolute atomic E-state index is 11.7. The van der Waals surface area contributed by atoms with Crippen molar-refractivity contribution >= 4 is 55.0 Å². The van der Waals surface area contributed by atoms with Crippen LogP contribution in [0, 0.1) is 47.1 Å². The van der Waals surface area contributed by atoms with E-state index in [4.69, 9.17) is 18.1 Å². The minimum Gasteiger partial charge on any atom is -0.308 e. The zero-order valence-electron chi connectivity index (χ0n) is 38.2. The summed E-state index contributed by atoms with van der Waals surface area (Å²) in [4.78, 5) is 12.5. The summed E-state index contributed by atoms with van der Waals surface area (Å²) in [6.45, 7) is 15.5. The van der Waals surface area contributed by atoms with Gasteiger partial charge in [0.05, 0.1) is 70.1 Å². The first-order valence-electron chi connectivity index (χ1n) is 23.1. The Balaban J connectivity index is 1.17. The summed E-state index contributed by atoms with van der Waals surface area (Å²) in [5, 5.41) is 35.3. The number of hydrogen-bond acceptors (Lipinski definition) is 4. The monoisotopic (exact) mass is 914 g/mol. The molecule has 0 N–H and O–H groups in total. The Morgan fingerprint density at radius 1 is 0.347 bits per heavy atom. The van der Waals surface area contributed by atoms with Crippen LogP contribution in [0.5, 0.6) is 0 Å². The molecule has 9 aromatic carbocycles. The average Bonchev–Trinajstić information content (AvgIpc) is 3.96. The fraction of sp³-hybridized carbons (Fsp3) is 0. The van der Waals surface area contributed by atoms with E-state index in [0.29, 0.717) is 39.4 Å². The molecule has 3 aromatic heterocycles. The lowest BCUT2D eigenvalue weighted by Crippen LogP contribution is -2.05. The van der Waals surface area contributed by atoms with Crippen LogP contribution < -0.4 is 0 Å². The molecule has 12 rings (SSSR count). The molecule has 0 spiro atoms. The van der Waals surface area contributed by atoms with Crippen LogP contribution in [-0.2, 0) is 0 Å². The molecule has 0 unspecified atom stereocenters. The van der Waals surface area contributed by atoms with Gasteiger partial charge in [0.25, 0.3) is 0 Å². The third kappa shape index (κ3) is 7.17. The van der Waals surface area contributed by atoms with Gasteiger partial charge in [-0.3, -0.25) is 0 Å². The lowest BCUT2D eigenvalue weighted by atomic mass is 9.97. The molecule has 0 aliphatic heterocycles. The lowest BCUT2D eigenvalue weighted by Gasteiger charge is -2.19. The number of pyridine rings is 1. The Hall–Kier alpha value is -10.8. The van der Waals surface area contributed by atoms with Crippen molar-refractivity contribution in [2.24, 2.45) is 0 Å². The van der Waals surface area contributed by atoms with Crippen LogP contribution in [0.3, 0.4) is 0 Å². The first-order valence-corrected chi connectivity index (χ1v) is 23.1. The van der Waals surface area contributed by atoms with E-state index in [9.17, 15) is 15.8 Å². The second-order valence-corrected chi connectivity index (χ2v) is 17.5. The molecule has 0 amide bonds. The number of hydrogen-bond donors (Lipinski definition) is 0. The van der Waals surface area contributed by atoms with Crippen molar-refractivity contribution in [1.82, 2.24) is 14.1 Å². The third-order valence-corrected chi connectivity index (χ3v) is 13.4. The highest BCUT2D eigenvalue weighted by Gasteiger charge is 2.24. The minimum absolute atomic E-state index is 0.389. The average molecular weight is 915 g/mol. The van der Waals surface area contributed by atoms with Crippen molar-refractivity contribution in [2.45, 2.75) is 0 Å². The Kier molecular flexibility index (Phi) is 10.3. The van der Waals surface area contributed by atoms with E-state index in [-0.39, 0.29) is 0 Å². The van der Waals surface area contributed by atoms with Crippen LogP contribution in [0.4, 0.5) is 11.4 Å². The van der Waals surface area contributed by atoms with Gasteiger partial charge in [-0.25, -0.2) is 14.7 Å². The van der Waals surface area contributed by atoms with Crippen molar-refractivity contribution in [1.29, 1.82) is 15.8 Å². The Labute approximate surface area is 414 Å². The van der Waals surface area contributed by atoms with Crippen molar-refractivity contribution < 1.29 is 0 Å². The van der Waals surface area contributed by atoms with Gasteiger partial charge in [-0.15, -0.1) is 0 Å². The van der Waals surface area contributed by atoms with Gasteiger partial charge in [0.1, 0.15) is 11.6 Å². The molecule has 0 aliphatic rings. The molecule has 12 aromatic rings. The molecular formula is C64H34N8. The molecule has 0 saturated carbocycles. The molecule has 0 fully saturated rings. The summed E-state index contributed by atoms with van der Waals surface area (Å²) in [7, 11) is 0. The topological polar surface area (TPSA) is 103 Å². The van der Waals surface area contributed by atoms with Gasteiger partial charge in [-0.05, 0) is 130 Å². The molecule has 3 heterocycles. The zero-order chi connectivity index (χ0) is 48.9. The van der Waals surface area contributed by atoms with E-state index in [1.165, 1.54) is 0 Å². The molecule has 72 heavy (non-hydrogen) atoms. The fourth-order valence-corrected chi connectivity index (χ4v) is 10.1. The van der Waals surface area contributed by atoms with Crippen molar-refractivity contribution in [3.8, 4) is 85.5 Å². The smallest absolute Gasteiger partial charge is 0.189 e. The second kappa shape index (κ2) is 17.4. The van der Waals surface area contributed by atoms with Gasteiger partial charge in [0, 0.05) is 43.8 Å². The van der Waals surface area contributed by atoms with Gasteiger partial charge in [0.2, 0.25) is 0 Å². The largest absolute Gasteiger partial charge is 0.308 e. The SMILES string of the molecule is [C-]#[N+]c1cc(C#N)cc(-c2ccc3c(c2)c2ccccc2n3-c2cc(-c3cc(-c4ccccc4)nc(-c4ccccc4)c3)cc(-n3c4ccccc4c4cc(-c5cc(C#N)cc([N+]#[C-])c5)ccc43)c2C#N)c1. The van der Waals surface area contributed by atoms with Crippen LogP contribution in [0.15, 0.2) is 206 Å². The fourth-order valence-electron chi connectivity index (χ4n) is 10.1. The predicted octanol–water partition coefficient (Wildman–Crippen LogP) is 16.3. The standard InChI is InChI=1S/C64H34N8/c1-68-50-27-40(37-65)25-46(29-50)44-21-23-61-54(31-44)52-17-9-11-19-59(52)71(61)63-35-49(48-33-57(42-13-5-3-6-14-42)70-58(34-48)43-15-7-4-8-16-43)36-64(56(63)39-67)72-60-20-12-10-18-53(60)55-32-45(22-24-62(55)72)47-26-41(38-66)28-51(30-47)69-2/h3-36H. The zero-order valence-corrected chi connectivity index (χ0v) is 38.2. The first-order chi connectivity index (χ1) is 35.4. The summed E-state index contributed by atoms with van der Waals surface area (Å²) in [6, 6.07) is 75.0. The normalized spacial score (nSPS) is 11.0. The Morgan fingerprint density at radius 2 is 0.750 bits per heavy atom. The van der Waals surface area contributed by atoms with Crippen LogP contribution in [0.1, 0.15) is 16.7 Å². The first kappa shape index (κ1) is 42.5. The number of fused-ring (bicyclic) bond motifs is 6. The molecule has 0 atom stereocenters. The van der Waals surface area contributed by atoms with E-state index < -0.39 is 0 Å². The highest BCUT2D eigenvalue weighted by molar-refractivity contribution is 6.12. The molecule has 8 nitrogen and oxygen atoms in total. The number of aromatic nitrogens is 3. The highest BCUT2D eigenvalue weighted by atomic mass is 15.0. The summed E-state index contributed by atoms with van der Waals surface area (Å²) in [5.74, 6) is 0. The van der Waals surface area contributed by atoms with Crippen LogP contribution >= 0.6 is 0 Å². The van der Waals surface area contributed by atoms with Crippen LogP contribution in [0.25, 0.3) is 121 Å². The maximum atomic E-state index is 11.7. The molecule has 0 radical (unpaired) electrons. The number of nitriles is 3. The lowest BCUT2D eigenvalue weighted by molar-refractivity contribution is 1.12. The van der Waals surface area contributed by atoms with Crippen LogP contribution in [-0.4, -0.2) is 14.1 Å².